The summed E-state index contributed by atoms with van der Waals surface area (Å²) in [5, 5.41) is 0. The Morgan fingerprint density at radius 2 is 1.81 bits per heavy atom. The summed E-state index contributed by atoms with van der Waals surface area (Å²) < 4.78 is 11.6. The van der Waals surface area contributed by atoms with Crippen molar-refractivity contribution < 1.29 is 14.3 Å². The molecular weight excluding hydrogens is 204 g/mol. The van der Waals surface area contributed by atoms with Crippen molar-refractivity contribution in [3.63, 3.8) is 0 Å². The van der Waals surface area contributed by atoms with E-state index in [9.17, 15) is 4.79 Å². The van der Waals surface area contributed by atoms with Gasteiger partial charge in [0.1, 0.15) is 0 Å². The van der Waals surface area contributed by atoms with Crippen molar-refractivity contribution in [2.24, 2.45) is 5.41 Å². The van der Waals surface area contributed by atoms with Crippen molar-refractivity contribution in [3.8, 4) is 0 Å². The summed E-state index contributed by atoms with van der Waals surface area (Å²) in [5.41, 5.74) is 2.17. The van der Waals surface area contributed by atoms with E-state index in [1.165, 1.54) is 0 Å². The van der Waals surface area contributed by atoms with Gasteiger partial charge in [-0.1, -0.05) is 6.92 Å². The summed E-state index contributed by atoms with van der Waals surface area (Å²) in [6.07, 6.45) is 3.62. The van der Waals surface area contributed by atoms with Gasteiger partial charge in [-0.25, -0.2) is 0 Å². The first-order valence-corrected chi connectivity index (χ1v) is 6.10. The molecule has 1 aliphatic heterocycles. The normalized spacial score (nSPS) is 37.2. The third kappa shape index (κ3) is 1.19. The van der Waals surface area contributed by atoms with Gasteiger partial charge in [0, 0.05) is 18.4 Å². The SMILES string of the molecule is CC1=C2C(C)(CCC1=O)CCC21OCCO1. The molecule has 0 aromatic heterocycles. The Kier molecular flexibility index (Phi) is 2.08. The number of fused-ring (bicyclic) bond motifs is 2. The Bertz CT molecular complexity index is 377. The summed E-state index contributed by atoms with van der Waals surface area (Å²) >= 11 is 0. The molecule has 0 N–H and O–H groups in total. The van der Waals surface area contributed by atoms with Crippen LogP contribution in [0.15, 0.2) is 11.1 Å². The van der Waals surface area contributed by atoms with E-state index in [2.05, 4.69) is 6.92 Å². The highest BCUT2D eigenvalue weighted by molar-refractivity contribution is 5.97. The summed E-state index contributed by atoms with van der Waals surface area (Å²) in [6, 6.07) is 0. The van der Waals surface area contributed by atoms with Gasteiger partial charge >= 0.3 is 0 Å². The molecule has 16 heavy (non-hydrogen) atoms. The lowest BCUT2D eigenvalue weighted by Gasteiger charge is -2.36. The third-order valence-electron chi connectivity index (χ3n) is 4.44. The van der Waals surface area contributed by atoms with Crippen LogP contribution in [0.3, 0.4) is 0 Å². The van der Waals surface area contributed by atoms with Crippen molar-refractivity contribution in [3.05, 3.63) is 11.1 Å². The molecule has 1 spiro atoms. The monoisotopic (exact) mass is 222 g/mol. The highest BCUT2D eigenvalue weighted by atomic mass is 16.7. The molecule has 1 unspecified atom stereocenters. The van der Waals surface area contributed by atoms with E-state index in [0.717, 1.165) is 30.4 Å². The maximum absolute atomic E-state index is 11.8. The van der Waals surface area contributed by atoms with Gasteiger partial charge in [-0.2, -0.15) is 0 Å². The summed E-state index contributed by atoms with van der Waals surface area (Å²) in [5.74, 6) is -0.276. The van der Waals surface area contributed by atoms with Crippen LogP contribution in [0.4, 0.5) is 0 Å². The second kappa shape index (κ2) is 3.17. The van der Waals surface area contributed by atoms with Gasteiger partial charge in [0.15, 0.2) is 11.6 Å². The Morgan fingerprint density at radius 3 is 2.50 bits per heavy atom. The van der Waals surface area contributed by atoms with E-state index in [-0.39, 0.29) is 11.2 Å². The van der Waals surface area contributed by atoms with Crippen LogP contribution in [0, 0.1) is 5.41 Å². The van der Waals surface area contributed by atoms with Crippen molar-refractivity contribution in [2.45, 2.75) is 45.3 Å². The fraction of sp³-hybridized carbons (Fsp3) is 0.769. The van der Waals surface area contributed by atoms with Gasteiger partial charge in [-0.15, -0.1) is 0 Å². The van der Waals surface area contributed by atoms with E-state index in [0.29, 0.717) is 19.6 Å². The average molecular weight is 222 g/mol. The summed E-state index contributed by atoms with van der Waals surface area (Å²) in [4.78, 5) is 11.8. The quantitative estimate of drug-likeness (QED) is 0.630. The van der Waals surface area contributed by atoms with Crippen LogP contribution in [0.5, 0.6) is 0 Å². The molecule has 3 rings (SSSR count). The standard InChI is InChI=1S/C13H18O3/c1-9-10(14)3-4-12(2)5-6-13(11(9)12)15-7-8-16-13/h3-8H2,1-2H3. The van der Waals surface area contributed by atoms with Gasteiger partial charge < -0.3 is 9.47 Å². The van der Waals surface area contributed by atoms with Gasteiger partial charge in [0.25, 0.3) is 0 Å². The largest absolute Gasteiger partial charge is 0.344 e. The minimum atomic E-state index is -0.547. The predicted octanol–water partition coefficient (Wildman–Crippen LogP) is 2.21. The van der Waals surface area contributed by atoms with Crippen molar-refractivity contribution in [1.29, 1.82) is 0 Å². The lowest BCUT2D eigenvalue weighted by Crippen LogP contribution is -2.36. The molecule has 2 fully saturated rings. The second-order valence-electron chi connectivity index (χ2n) is 5.43. The van der Waals surface area contributed by atoms with E-state index in [4.69, 9.17) is 9.47 Å². The zero-order valence-electron chi connectivity index (χ0n) is 9.97. The zero-order valence-corrected chi connectivity index (χ0v) is 9.97. The number of allylic oxidation sites excluding steroid dienone is 1. The molecule has 1 saturated heterocycles. The Hall–Kier alpha value is -0.670. The molecule has 3 nitrogen and oxygen atoms in total. The number of hydrogen-bond acceptors (Lipinski definition) is 3. The number of rotatable bonds is 0. The topological polar surface area (TPSA) is 35.5 Å². The number of Topliss-reactive ketones (excluding diaryl/α,β-unsaturated/α-hetero) is 1. The van der Waals surface area contributed by atoms with Gasteiger partial charge in [0.05, 0.1) is 13.2 Å². The highest BCUT2D eigenvalue weighted by Gasteiger charge is 2.56. The van der Waals surface area contributed by atoms with E-state index in [1.54, 1.807) is 0 Å². The Labute approximate surface area is 95.8 Å². The highest BCUT2D eigenvalue weighted by Crippen LogP contribution is 2.57. The lowest BCUT2D eigenvalue weighted by molar-refractivity contribution is -0.127. The first kappa shape index (κ1) is 10.5. The second-order valence-corrected chi connectivity index (χ2v) is 5.43. The first-order chi connectivity index (χ1) is 7.57. The zero-order chi connectivity index (χ0) is 11.4. The van der Waals surface area contributed by atoms with E-state index < -0.39 is 5.79 Å². The summed E-state index contributed by atoms with van der Waals surface area (Å²) in [6.45, 7) is 5.49. The Morgan fingerprint density at radius 1 is 1.12 bits per heavy atom. The van der Waals surface area contributed by atoms with Gasteiger partial charge in [-0.05, 0) is 30.8 Å². The van der Waals surface area contributed by atoms with Gasteiger partial charge in [0.2, 0.25) is 0 Å². The molecule has 0 aromatic carbocycles. The molecule has 3 aliphatic rings. The molecule has 1 saturated carbocycles. The number of carbonyl (C=O) groups excluding carboxylic acids is 1. The van der Waals surface area contributed by atoms with Crippen LogP contribution in [0.25, 0.3) is 0 Å². The molecule has 0 bridgehead atoms. The predicted molar refractivity (Wildman–Crippen MR) is 58.9 cm³/mol. The van der Waals surface area contributed by atoms with Crippen LogP contribution < -0.4 is 0 Å². The van der Waals surface area contributed by atoms with Gasteiger partial charge in [-0.3, -0.25) is 4.79 Å². The molecule has 88 valence electrons. The Balaban J connectivity index is 2.13. The molecule has 1 heterocycles. The molecule has 0 amide bonds. The third-order valence-corrected chi connectivity index (χ3v) is 4.44. The summed E-state index contributed by atoms with van der Waals surface area (Å²) in [7, 11) is 0. The fourth-order valence-electron chi connectivity index (χ4n) is 3.60. The average Bonchev–Trinajstić information content (AvgIpc) is 2.82. The maximum atomic E-state index is 11.8. The fourth-order valence-corrected chi connectivity index (χ4v) is 3.60. The smallest absolute Gasteiger partial charge is 0.192 e. The number of ether oxygens (including phenoxy) is 2. The minimum absolute atomic E-state index is 0.127. The van der Waals surface area contributed by atoms with Crippen LogP contribution in [-0.2, 0) is 14.3 Å². The van der Waals surface area contributed by atoms with Crippen LogP contribution in [0.2, 0.25) is 0 Å². The number of ketones is 1. The van der Waals surface area contributed by atoms with E-state index in [1.807, 2.05) is 6.92 Å². The number of hydrogen-bond donors (Lipinski definition) is 0. The minimum Gasteiger partial charge on any atom is -0.344 e. The molecule has 0 radical (unpaired) electrons. The van der Waals surface area contributed by atoms with Crippen molar-refractivity contribution >= 4 is 5.78 Å². The molecule has 2 aliphatic carbocycles. The first-order valence-electron chi connectivity index (χ1n) is 6.10. The van der Waals surface area contributed by atoms with Crippen molar-refractivity contribution in [1.82, 2.24) is 0 Å². The van der Waals surface area contributed by atoms with Crippen LogP contribution >= 0.6 is 0 Å². The maximum Gasteiger partial charge on any atom is 0.192 e. The van der Waals surface area contributed by atoms with Crippen LogP contribution in [0.1, 0.15) is 39.5 Å². The molecular formula is C13H18O3. The van der Waals surface area contributed by atoms with Crippen LogP contribution in [-0.4, -0.2) is 24.8 Å². The molecule has 0 aromatic rings. The lowest BCUT2D eigenvalue weighted by atomic mass is 9.72. The number of carbonyl (C=O) groups is 1. The van der Waals surface area contributed by atoms with Crippen molar-refractivity contribution in [2.75, 3.05) is 13.2 Å². The van der Waals surface area contributed by atoms with E-state index >= 15 is 0 Å². The molecule has 3 heteroatoms. The molecule has 1 atom stereocenters.